The number of aryl methyl sites for hydroxylation is 1. The minimum Gasteiger partial charge on any atom is -0.335 e. The molecule has 4 heterocycles. The Labute approximate surface area is 187 Å². The second-order valence-electron chi connectivity index (χ2n) is 7.22. The van der Waals surface area contributed by atoms with Gasteiger partial charge in [-0.3, -0.25) is 9.69 Å². The van der Waals surface area contributed by atoms with Gasteiger partial charge < -0.3 is 10.2 Å². The fourth-order valence-corrected chi connectivity index (χ4v) is 4.44. The zero-order chi connectivity index (χ0) is 18.6. The molecule has 0 aromatic carbocycles. The summed E-state index contributed by atoms with van der Waals surface area (Å²) < 4.78 is 1.87. The Bertz CT molecular complexity index is 770. The number of rotatable bonds is 5. The van der Waals surface area contributed by atoms with E-state index < -0.39 is 0 Å². The predicted octanol–water partition coefficient (Wildman–Crippen LogP) is 2.02. The van der Waals surface area contributed by atoms with Gasteiger partial charge in [0.05, 0.1) is 22.9 Å². The summed E-state index contributed by atoms with van der Waals surface area (Å²) in [7, 11) is 0. The zero-order valence-corrected chi connectivity index (χ0v) is 19.1. The van der Waals surface area contributed by atoms with E-state index in [1.54, 1.807) is 11.3 Å². The van der Waals surface area contributed by atoms with Gasteiger partial charge in [0.15, 0.2) is 5.69 Å². The molecule has 2 aliphatic heterocycles. The molecule has 0 saturated carbocycles. The molecule has 2 aliphatic rings. The molecule has 0 aliphatic carbocycles. The number of thiazole rings is 1. The molecular formula is C18H29Cl2N7OS. The number of hydrogen-bond acceptors (Lipinski definition) is 7. The molecule has 1 amide bonds. The molecule has 162 valence electrons. The van der Waals surface area contributed by atoms with Crippen molar-refractivity contribution >= 4 is 42.1 Å². The third kappa shape index (κ3) is 5.88. The van der Waals surface area contributed by atoms with E-state index in [4.69, 9.17) is 0 Å². The monoisotopic (exact) mass is 461 g/mol. The molecule has 29 heavy (non-hydrogen) atoms. The minimum atomic E-state index is -0.00300. The van der Waals surface area contributed by atoms with Gasteiger partial charge in [0, 0.05) is 38.1 Å². The van der Waals surface area contributed by atoms with Crippen LogP contribution < -0.4 is 5.32 Å². The largest absolute Gasteiger partial charge is 0.335 e. The van der Waals surface area contributed by atoms with Crippen LogP contribution in [0.15, 0.2) is 11.6 Å². The molecule has 8 nitrogen and oxygen atoms in total. The van der Waals surface area contributed by atoms with Crippen LogP contribution in [0.3, 0.4) is 0 Å². The summed E-state index contributed by atoms with van der Waals surface area (Å²) in [5, 5.41) is 15.0. The highest BCUT2D eigenvalue weighted by Crippen LogP contribution is 2.18. The van der Waals surface area contributed by atoms with Crippen LogP contribution in [0.2, 0.25) is 0 Å². The van der Waals surface area contributed by atoms with Gasteiger partial charge in [-0.15, -0.1) is 41.2 Å². The third-order valence-electron chi connectivity index (χ3n) is 5.36. The summed E-state index contributed by atoms with van der Waals surface area (Å²) in [4.78, 5) is 21.7. The first kappa shape index (κ1) is 24.0. The maximum Gasteiger partial charge on any atom is 0.276 e. The third-order valence-corrected chi connectivity index (χ3v) is 6.40. The number of piperazine rings is 1. The molecule has 1 N–H and O–H groups in total. The van der Waals surface area contributed by atoms with Crippen molar-refractivity contribution in [3.8, 4) is 0 Å². The van der Waals surface area contributed by atoms with Gasteiger partial charge in [0.25, 0.3) is 5.91 Å². The van der Waals surface area contributed by atoms with Gasteiger partial charge in [-0.05, 0) is 32.4 Å². The number of carbonyl (C=O) groups is 1. The Balaban J connectivity index is 0.00000150. The van der Waals surface area contributed by atoms with Gasteiger partial charge in [0.1, 0.15) is 0 Å². The molecule has 2 aromatic heterocycles. The molecule has 2 saturated heterocycles. The Morgan fingerprint density at radius 3 is 2.59 bits per heavy atom. The van der Waals surface area contributed by atoms with Crippen LogP contribution in [0.25, 0.3) is 0 Å². The van der Waals surface area contributed by atoms with Crippen molar-refractivity contribution in [3.63, 3.8) is 0 Å². The Morgan fingerprint density at radius 2 is 1.93 bits per heavy atom. The quantitative estimate of drug-likeness (QED) is 0.733. The average Bonchev–Trinajstić information content (AvgIpc) is 3.38. The normalized spacial score (nSPS) is 18.2. The smallest absolute Gasteiger partial charge is 0.276 e. The molecule has 0 radical (unpaired) electrons. The van der Waals surface area contributed by atoms with E-state index in [1.807, 2.05) is 15.8 Å². The number of aromatic nitrogens is 4. The van der Waals surface area contributed by atoms with E-state index in [2.05, 4.69) is 37.8 Å². The maximum atomic E-state index is 12.8. The second-order valence-corrected chi connectivity index (χ2v) is 8.16. The van der Waals surface area contributed by atoms with E-state index in [1.165, 1.54) is 5.01 Å². The fraction of sp³-hybridized carbons (Fsp3) is 0.667. The Morgan fingerprint density at radius 1 is 1.21 bits per heavy atom. The average molecular weight is 462 g/mol. The first-order valence-corrected chi connectivity index (χ1v) is 10.7. The second kappa shape index (κ2) is 11.2. The highest BCUT2D eigenvalue weighted by molar-refractivity contribution is 7.09. The van der Waals surface area contributed by atoms with Crippen molar-refractivity contribution in [1.29, 1.82) is 0 Å². The fourth-order valence-electron chi connectivity index (χ4n) is 3.71. The topological polar surface area (TPSA) is 79.2 Å². The first-order chi connectivity index (χ1) is 13.2. The maximum absolute atomic E-state index is 12.8. The van der Waals surface area contributed by atoms with E-state index in [0.717, 1.165) is 70.8 Å². The summed E-state index contributed by atoms with van der Waals surface area (Å²) in [6.07, 6.45) is 4.88. The van der Waals surface area contributed by atoms with Crippen molar-refractivity contribution in [2.45, 2.75) is 38.8 Å². The van der Waals surface area contributed by atoms with Crippen LogP contribution >= 0.6 is 36.2 Å². The lowest BCUT2D eigenvalue weighted by Gasteiger charge is -2.33. The SMILES string of the molecule is CCc1nc(CN2CCN(C(=O)c3cn(C4CCNCC4)nn3)CC2)cs1.Cl.Cl. The highest BCUT2D eigenvalue weighted by Gasteiger charge is 2.25. The van der Waals surface area contributed by atoms with Gasteiger partial charge in [-0.1, -0.05) is 12.1 Å². The highest BCUT2D eigenvalue weighted by atomic mass is 35.5. The van der Waals surface area contributed by atoms with E-state index in [9.17, 15) is 4.79 Å². The molecule has 0 bridgehead atoms. The van der Waals surface area contributed by atoms with E-state index in [-0.39, 0.29) is 30.7 Å². The van der Waals surface area contributed by atoms with E-state index >= 15 is 0 Å². The molecule has 0 spiro atoms. The van der Waals surface area contributed by atoms with Crippen LogP contribution in [0.5, 0.6) is 0 Å². The molecular weight excluding hydrogens is 433 g/mol. The summed E-state index contributed by atoms with van der Waals surface area (Å²) in [5.41, 5.74) is 1.61. The zero-order valence-electron chi connectivity index (χ0n) is 16.6. The van der Waals surface area contributed by atoms with Crippen molar-refractivity contribution in [2.75, 3.05) is 39.3 Å². The van der Waals surface area contributed by atoms with Crippen molar-refractivity contribution < 1.29 is 4.79 Å². The standard InChI is InChI=1S/C18H27N7OS.2ClH/c1-2-17-20-14(13-27-17)11-23-7-9-24(10-8-23)18(26)16-12-25(22-21-16)15-3-5-19-6-4-15;;/h12-13,15,19H,2-11H2,1H3;2*1H. The number of nitrogens with zero attached hydrogens (tertiary/aromatic N) is 6. The number of carbonyl (C=O) groups excluding carboxylic acids is 1. The van der Waals surface area contributed by atoms with Crippen LogP contribution in [0, 0.1) is 0 Å². The first-order valence-electron chi connectivity index (χ1n) is 9.80. The Hall–Kier alpha value is -1.26. The lowest BCUT2D eigenvalue weighted by molar-refractivity contribution is 0.0621. The lowest BCUT2D eigenvalue weighted by Crippen LogP contribution is -2.48. The summed E-state index contributed by atoms with van der Waals surface area (Å²) in [6, 6.07) is 0.350. The van der Waals surface area contributed by atoms with Gasteiger partial charge >= 0.3 is 0 Å². The van der Waals surface area contributed by atoms with Crippen LogP contribution in [0.1, 0.15) is 47.0 Å². The lowest BCUT2D eigenvalue weighted by atomic mass is 10.1. The summed E-state index contributed by atoms with van der Waals surface area (Å²) in [6.45, 7) is 8.18. The number of hydrogen-bond donors (Lipinski definition) is 1. The minimum absolute atomic E-state index is 0. The molecule has 2 fully saturated rings. The molecule has 0 atom stereocenters. The molecule has 11 heteroatoms. The Kier molecular flexibility index (Phi) is 9.29. The van der Waals surface area contributed by atoms with Gasteiger partial charge in [0.2, 0.25) is 0 Å². The number of piperidine rings is 1. The van der Waals surface area contributed by atoms with Crippen LogP contribution in [0.4, 0.5) is 0 Å². The molecule has 2 aromatic rings. The summed E-state index contributed by atoms with van der Waals surface area (Å²) in [5.74, 6) is -0.00300. The van der Waals surface area contributed by atoms with Crippen LogP contribution in [-0.2, 0) is 13.0 Å². The van der Waals surface area contributed by atoms with Crippen molar-refractivity contribution in [3.05, 3.63) is 28.0 Å². The number of nitrogens with one attached hydrogen (secondary N) is 1. The van der Waals surface area contributed by atoms with Crippen molar-refractivity contribution in [2.24, 2.45) is 0 Å². The van der Waals surface area contributed by atoms with Crippen LogP contribution in [-0.4, -0.2) is 75.0 Å². The van der Waals surface area contributed by atoms with Crippen molar-refractivity contribution in [1.82, 2.24) is 35.1 Å². The van der Waals surface area contributed by atoms with Gasteiger partial charge in [-0.2, -0.15) is 0 Å². The molecule has 4 rings (SSSR count). The van der Waals surface area contributed by atoms with Gasteiger partial charge in [-0.25, -0.2) is 9.67 Å². The number of amides is 1. The predicted molar refractivity (Wildman–Crippen MR) is 118 cm³/mol. The summed E-state index contributed by atoms with van der Waals surface area (Å²) >= 11 is 1.73. The van der Waals surface area contributed by atoms with E-state index in [0.29, 0.717) is 11.7 Å². The molecule has 0 unspecified atom stereocenters. The number of halogens is 2.